The van der Waals surface area contributed by atoms with Gasteiger partial charge in [-0.25, -0.2) is 0 Å². The fourth-order valence-electron chi connectivity index (χ4n) is 0.731. The number of thioether (sulfide) groups is 1. The lowest BCUT2D eigenvalue weighted by Gasteiger charge is -2.15. The van der Waals surface area contributed by atoms with Gasteiger partial charge in [-0.1, -0.05) is 11.8 Å². The van der Waals surface area contributed by atoms with Crippen molar-refractivity contribution in [2.24, 2.45) is 4.40 Å². The predicted octanol–water partition coefficient (Wildman–Crippen LogP) is 0.890. The Kier molecular flexibility index (Phi) is 2.48. The van der Waals surface area contributed by atoms with Crippen LogP contribution in [0, 0.1) is 0 Å². The summed E-state index contributed by atoms with van der Waals surface area (Å²) < 4.78 is 26.1. The third kappa shape index (κ3) is 1.64. The molecule has 0 bridgehead atoms. The van der Waals surface area contributed by atoms with Gasteiger partial charge >= 0.3 is 0 Å². The number of amidine groups is 1. The van der Waals surface area contributed by atoms with Crippen LogP contribution in [-0.4, -0.2) is 19.8 Å². The molecule has 0 spiro atoms. The van der Waals surface area contributed by atoms with Crippen LogP contribution < -0.4 is 5.32 Å². The van der Waals surface area contributed by atoms with E-state index in [1.165, 1.54) is 18.7 Å². The molecule has 1 heterocycles. The van der Waals surface area contributed by atoms with Gasteiger partial charge in [0.2, 0.25) is 0 Å². The molecule has 0 radical (unpaired) electrons. The minimum atomic E-state index is -3.39. The minimum absolute atomic E-state index is 0.292. The van der Waals surface area contributed by atoms with Gasteiger partial charge in [0.05, 0.1) is 4.91 Å². The predicted molar refractivity (Wildman–Crippen MR) is 51.4 cm³/mol. The Hall–Kier alpha value is -0.490. The van der Waals surface area contributed by atoms with E-state index < -0.39 is 10.0 Å². The van der Waals surface area contributed by atoms with Gasteiger partial charge < -0.3 is 5.32 Å². The van der Waals surface area contributed by atoms with Gasteiger partial charge in [-0.3, -0.25) is 0 Å². The maximum atomic E-state index is 11.3. The zero-order valence-electron chi connectivity index (χ0n) is 7.08. The monoisotopic (exact) mass is 206 g/mol. The molecule has 0 amide bonds. The molecule has 0 aliphatic carbocycles. The van der Waals surface area contributed by atoms with Crippen molar-refractivity contribution < 1.29 is 8.42 Å². The summed E-state index contributed by atoms with van der Waals surface area (Å²) in [5, 5.41) is 3.31. The van der Waals surface area contributed by atoms with Crippen LogP contribution in [0.3, 0.4) is 0 Å². The summed E-state index contributed by atoms with van der Waals surface area (Å²) in [5.41, 5.74) is 0.648. The Bertz CT molecular complexity index is 354. The quantitative estimate of drug-likeness (QED) is 0.639. The van der Waals surface area contributed by atoms with Crippen molar-refractivity contribution in [3.8, 4) is 0 Å². The highest BCUT2D eigenvalue weighted by atomic mass is 32.2. The van der Waals surface area contributed by atoms with E-state index in [1.807, 2.05) is 0 Å². The second kappa shape index (κ2) is 3.10. The van der Waals surface area contributed by atoms with Crippen molar-refractivity contribution in [3.05, 3.63) is 10.6 Å². The molecule has 12 heavy (non-hydrogen) atoms. The van der Waals surface area contributed by atoms with E-state index in [9.17, 15) is 8.42 Å². The molecule has 6 heteroatoms. The van der Waals surface area contributed by atoms with E-state index in [1.54, 1.807) is 13.2 Å². The highest BCUT2D eigenvalue weighted by Gasteiger charge is 2.21. The van der Waals surface area contributed by atoms with Crippen molar-refractivity contribution in [2.45, 2.75) is 13.8 Å². The molecular formula is C6H10N2O2S2. The standard InChI is InChI=1S/C6H10N2O2S2/c1-4-5(2)12(9,10)8-6(7-4)11-3/h1-3H3,(H,7,8). The van der Waals surface area contributed by atoms with Crippen LogP contribution in [0.1, 0.15) is 13.8 Å². The molecule has 4 nitrogen and oxygen atoms in total. The van der Waals surface area contributed by atoms with Gasteiger partial charge in [-0.05, 0) is 20.1 Å². The molecule has 0 fully saturated rings. The van der Waals surface area contributed by atoms with Gasteiger partial charge in [0.25, 0.3) is 10.0 Å². The second-order valence-electron chi connectivity index (χ2n) is 2.38. The molecule has 0 saturated carbocycles. The fraction of sp³-hybridized carbons (Fsp3) is 0.500. The summed E-state index contributed by atoms with van der Waals surface area (Å²) in [6.45, 7) is 3.26. The molecule has 0 aromatic carbocycles. The third-order valence-corrected chi connectivity index (χ3v) is 3.80. The summed E-state index contributed by atoms with van der Waals surface area (Å²) in [7, 11) is -3.39. The maximum absolute atomic E-state index is 11.3. The van der Waals surface area contributed by atoms with Crippen LogP contribution >= 0.6 is 11.8 Å². The number of hydrogen-bond acceptors (Lipinski definition) is 4. The number of nitrogens with zero attached hydrogens (tertiary/aromatic N) is 1. The molecule has 1 aliphatic heterocycles. The van der Waals surface area contributed by atoms with Crippen molar-refractivity contribution in [1.29, 1.82) is 0 Å². The van der Waals surface area contributed by atoms with Gasteiger partial charge in [0.1, 0.15) is 0 Å². The summed E-state index contributed by atoms with van der Waals surface area (Å²) in [4.78, 5) is 0.292. The maximum Gasteiger partial charge on any atom is 0.282 e. The van der Waals surface area contributed by atoms with Gasteiger partial charge in [-0.2, -0.15) is 8.42 Å². The second-order valence-corrected chi connectivity index (χ2v) is 4.92. The lowest BCUT2D eigenvalue weighted by molar-refractivity contribution is 0.602. The Labute approximate surface area is 76.2 Å². The molecule has 1 N–H and O–H groups in total. The molecule has 0 atom stereocenters. The zero-order valence-corrected chi connectivity index (χ0v) is 8.71. The van der Waals surface area contributed by atoms with Crippen molar-refractivity contribution in [2.75, 3.05) is 6.26 Å². The van der Waals surface area contributed by atoms with Gasteiger partial charge in [-0.15, -0.1) is 4.40 Å². The topological polar surface area (TPSA) is 58.5 Å². The number of nitrogens with one attached hydrogen (secondary N) is 1. The first kappa shape index (κ1) is 9.60. The van der Waals surface area contributed by atoms with E-state index in [-0.39, 0.29) is 0 Å². The first-order valence-electron chi connectivity index (χ1n) is 3.31. The average molecular weight is 206 g/mol. The lowest BCUT2D eigenvalue weighted by Crippen LogP contribution is -2.26. The fourth-order valence-corrected chi connectivity index (χ4v) is 2.42. The highest BCUT2D eigenvalue weighted by molar-refractivity contribution is 8.14. The molecule has 1 rings (SSSR count). The average Bonchev–Trinajstić information content (AvgIpc) is 1.99. The molecule has 0 aromatic rings. The Morgan fingerprint density at radius 1 is 1.42 bits per heavy atom. The molecule has 0 unspecified atom stereocenters. The Morgan fingerprint density at radius 2 is 2.00 bits per heavy atom. The van der Waals surface area contributed by atoms with E-state index in [0.29, 0.717) is 15.8 Å². The normalized spacial score (nSPS) is 21.8. The molecule has 1 aliphatic rings. The van der Waals surface area contributed by atoms with E-state index in [2.05, 4.69) is 9.71 Å². The van der Waals surface area contributed by atoms with Crippen LogP contribution in [-0.2, 0) is 10.0 Å². The minimum Gasteiger partial charge on any atom is -0.337 e. The van der Waals surface area contributed by atoms with Crippen molar-refractivity contribution in [3.63, 3.8) is 0 Å². The van der Waals surface area contributed by atoms with E-state index >= 15 is 0 Å². The first-order chi connectivity index (χ1) is 5.47. The van der Waals surface area contributed by atoms with Crippen molar-refractivity contribution >= 4 is 27.0 Å². The summed E-state index contributed by atoms with van der Waals surface area (Å²) in [6.07, 6.45) is 1.77. The number of allylic oxidation sites excluding steroid dienone is 2. The van der Waals surface area contributed by atoms with Crippen LogP contribution in [0.5, 0.6) is 0 Å². The van der Waals surface area contributed by atoms with Crippen LogP contribution in [0.4, 0.5) is 0 Å². The van der Waals surface area contributed by atoms with Crippen LogP contribution in [0.2, 0.25) is 0 Å². The lowest BCUT2D eigenvalue weighted by atomic mass is 10.4. The van der Waals surface area contributed by atoms with Crippen molar-refractivity contribution in [1.82, 2.24) is 5.32 Å². The molecular weight excluding hydrogens is 196 g/mol. The number of rotatable bonds is 0. The van der Waals surface area contributed by atoms with Gasteiger partial charge in [0, 0.05) is 5.70 Å². The number of hydrogen-bond donors (Lipinski definition) is 1. The first-order valence-corrected chi connectivity index (χ1v) is 5.97. The Balaban J connectivity index is 3.17. The van der Waals surface area contributed by atoms with E-state index in [4.69, 9.17) is 0 Å². The largest absolute Gasteiger partial charge is 0.337 e. The molecule has 0 aromatic heterocycles. The summed E-state index contributed by atoms with van der Waals surface area (Å²) >= 11 is 1.28. The molecule has 0 saturated heterocycles. The van der Waals surface area contributed by atoms with Gasteiger partial charge in [0.15, 0.2) is 5.17 Å². The van der Waals surface area contributed by atoms with Crippen LogP contribution in [0.15, 0.2) is 15.0 Å². The highest BCUT2D eigenvalue weighted by Crippen LogP contribution is 2.18. The molecule has 68 valence electrons. The van der Waals surface area contributed by atoms with Crippen LogP contribution in [0.25, 0.3) is 0 Å². The summed E-state index contributed by atoms with van der Waals surface area (Å²) in [6, 6.07) is 0. The van der Waals surface area contributed by atoms with E-state index in [0.717, 1.165) is 0 Å². The zero-order chi connectivity index (χ0) is 9.35. The summed E-state index contributed by atoms with van der Waals surface area (Å²) in [5.74, 6) is 0. The third-order valence-electron chi connectivity index (χ3n) is 1.61. The smallest absolute Gasteiger partial charge is 0.282 e. The number of sulfonamides is 1. The Morgan fingerprint density at radius 3 is 2.42 bits per heavy atom. The SMILES string of the molecule is CSC1=NS(=O)(=O)C(C)=C(C)N1.